The standard InChI is InChI=1S/C20H35NO2/c1-19(2,3)16-22-18-11-9-17(10-12-18)15-21-13-7-8-14-23-20(4,5)6/h9-12,21H,7-8,13-16H2,1-6H3. The van der Waals surface area contributed by atoms with Gasteiger partial charge in [-0.3, -0.25) is 0 Å². The van der Waals surface area contributed by atoms with Crippen LogP contribution in [0.2, 0.25) is 0 Å². The molecule has 1 N–H and O–H groups in total. The van der Waals surface area contributed by atoms with Crippen LogP contribution in [0.5, 0.6) is 5.75 Å². The normalized spacial score (nSPS) is 12.4. The molecule has 0 unspecified atom stereocenters. The van der Waals surface area contributed by atoms with Crippen LogP contribution in [0.25, 0.3) is 0 Å². The minimum Gasteiger partial charge on any atom is -0.493 e. The predicted octanol–water partition coefficient (Wildman–Crippen LogP) is 4.80. The number of hydrogen-bond donors (Lipinski definition) is 1. The molecule has 0 fully saturated rings. The summed E-state index contributed by atoms with van der Waals surface area (Å²) >= 11 is 0. The van der Waals surface area contributed by atoms with E-state index in [9.17, 15) is 0 Å². The van der Waals surface area contributed by atoms with Crippen molar-refractivity contribution >= 4 is 0 Å². The number of nitrogens with one attached hydrogen (secondary N) is 1. The lowest BCUT2D eigenvalue weighted by molar-refractivity contribution is -0.00452. The van der Waals surface area contributed by atoms with Crippen molar-refractivity contribution in [3.8, 4) is 5.75 Å². The highest BCUT2D eigenvalue weighted by atomic mass is 16.5. The Bertz CT molecular complexity index is 426. The molecule has 23 heavy (non-hydrogen) atoms. The zero-order chi connectivity index (χ0) is 17.3. The maximum atomic E-state index is 5.79. The molecule has 0 heterocycles. The molecule has 0 aromatic heterocycles. The molecule has 0 saturated carbocycles. The molecule has 0 bridgehead atoms. The van der Waals surface area contributed by atoms with Crippen LogP contribution in [0, 0.1) is 5.41 Å². The van der Waals surface area contributed by atoms with Gasteiger partial charge in [0.1, 0.15) is 5.75 Å². The summed E-state index contributed by atoms with van der Waals surface area (Å²) in [6.45, 7) is 16.3. The first kappa shape index (κ1) is 20.0. The molecule has 0 spiro atoms. The molecule has 1 aromatic rings. The van der Waals surface area contributed by atoms with Gasteiger partial charge in [0.25, 0.3) is 0 Å². The number of hydrogen-bond acceptors (Lipinski definition) is 3. The highest BCUT2D eigenvalue weighted by Gasteiger charge is 2.11. The second kappa shape index (κ2) is 9.29. The smallest absolute Gasteiger partial charge is 0.119 e. The van der Waals surface area contributed by atoms with Crippen molar-refractivity contribution in [3.63, 3.8) is 0 Å². The average Bonchev–Trinajstić information content (AvgIpc) is 2.43. The maximum absolute atomic E-state index is 5.79. The van der Waals surface area contributed by atoms with Crippen molar-refractivity contribution in [1.29, 1.82) is 0 Å². The monoisotopic (exact) mass is 321 g/mol. The van der Waals surface area contributed by atoms with E-state index in [0.717, 1.165) is 44.9 Å². The third-order valence-corrected chi connectivity index (χ3v) is 3.21. The van der Waals surface area contributed by atoms with Crippen LogP contribution in [0.1, 0.15) is 59.9 Å². The Morgan fingerprint density at radius 3 is 2.13 bits per heavy atom. The summed E-state index contributed by atoms with van der Waals surface area (Å²) < 4.78 is 11.5. The van der Waals surface area contributed by atoms with Crippen molar-refractivity contribution in [2.24, 2.45) is 5.41 Å². The van der Waals surface area contributed by atoms with Crippen LogP contribution in [0.3, 0.4) is 0 Å². The van der Waals surface area contributed by atoms with Crippen molar-refractivity contribution < 1.29 is 9.47 Å². The van der Waals surface area contributed by atoms with Gasteiger partial charge in [-0.05, 0) is 63.3 Å². The van der Waals surface area contributed by atoms with Gasteiger partial charge < -0.3 is 14.8 Å². The van der Waals surface area contributed by atoms with Gasteiger partial charge in [-0.15, -0.1) is 0 Å². The molecule has 0 aliphatic heterocycles. The molecular formula is C20H35NO2. The molecule has 132 valence electrons. The van der Waals surface area contributed by atoms with Gasteiger partial charge in [-0.25, -0.2) is 0 Å². The molecular weight excluding hydrogens is 286 g/mol. The Balaban J connectivity index is 2.14. The first-order chi connectivity index (χ1) is 10.7. The Hall–Kier alpha value is -1.06. The third kappa shape index (κ3) is 11.2. The lowest BCUT2D eigenvalue weighted by Gasteiger charge is -2.19. The van der Waals surface area contributed by atoms with E-state index < -0.39 is 0 Å². The number of rotatable bonds is 9. The molecule has 3 nitrogen and oxygen atoms in total. The molecule has 3 heteroatoms. The Kier molecular flexibility index (Phi) is 8.07. The highest BCUT2D eigenvalue weighted by Crippen LogP contribution is 2.18. The number of unbranched alkanes of at least 4 members (excludes halogenated alkanes) is 1. The van der Waals surface area contributed by atoms with Crippen LogP contribution in [-0.2, 0) is 11.3 Å². The molecule has 1 rings (SSSR count). The lowest BCUT2D eigenvalue weighted by atomic mass is 9.99. The summed E-state index contributed by atoms with van der Waals surface area (Å²) in [4.78, 5) is 0. The lowest BCUT2D eigenvalue weighted by Crippen LogP contribution is -2.20. The second-order valence-corrected chi connectivity index (χ2v) is 8.34. The number of ether oxygens (including phenoxy) is 2. The van der Waals surface area contributed by atoms with E-state index in [1.54, 1.807) is 0 Å². The fourth-order valence-electron chi connectivity index (χ4n) is 1.97. The average molecular weight is 322 g/mol. The molecule has 1 aromatic carbocycles. The van der Waals surface area contributed by atoms with Gasteiger partial charge >= 0.3 is 0 Å². The number of benzene rings is 1. The highest BCUT2D eigenvalue weighted by molar-refractivity contribution is 5.27. The fraction of sp³-hybridized carbons (Fsp3) is 0.700. The van der Waals surface area contributed by atoms with E-state index in [1.165, 1.54) is 5.56 Å². The minimum atomic E-state index is -0.0236. The summed E-state index contributed by atoms with van der Waals surface area (Å²) in [6.07, 6.45) is 2.24. The minimum absolute atomic E-state index is 0.0236. The van der Waals surface area contributed by atoms with Gasteiger partial charge in [0.15, 0.2) is 0 Å². The molecule has 0 radical (unpaired) electrons. The zero-order valence-corrected chi connectivity index (χ0v) is 15.9. The first-order valence-corrected chi connectivity index (χ1v) is 8.72. The van der Waals surface area contributed by atoms with Crippen molar-refractivity contribution in [2.75, 3.05) is 19.8 Å². The van der Waals surface area contributed by atoms with E-state index in [-0.39, 0.29) is 11.0 Å². The molecule has 0 saturated heterocycles. The van der Waals surface area contributed by atoms with Crippen molar-refractivity contribution in [3.05, 3.63) is 29.8 Å². The van der Waals surface area contributed by atoms with E-state index in [0.29, 0.717) is 0 Å². The third-order valence-electron chi connectivity index (χ3n) is 3.21. The SMILES string of the molecule is CC(C)(C)COc1ccc(CNCCCCOC(C)(C)C)cc1. The molecule has 0 amide bonds. The first-order valence-electron chi connectivity index (χ1n) is 8.72. The van der Waals surface area contributed by atoms with Crippen LogP contribution in [0.15, 0.2) is 24.3 Å². The van der Waals surface area contributed by atoms with E-state index in [2.05, 4.69) is 71.1 Å². The topological polar surface area (TPSA) is 30.5 Å². The van der Waals surface area contributed by atoms with Gasteiger partial charge in [0.05, 0.1) is 12.2 Å². The Morgan fingerprint density at radius 1 is 0.913 bits per heavy atom. The van der Waals surface area contributed by atoms with Gasteiger partial charge in [-0.2, -0.15) is 0 Å². The van der Waals surface area contributed by atoms with E-state index >= 15 is 0 Å². The summed E-state index contributed by atoms with van der Waals surface area (Å²) in [5, 5.41) is 3.48. The maximum Gasteiger partial charge on any atom is 0.119 e. The summed E-state index contributed by atoms with van der Waals surface area (Å²) in [7, 11) is 0. The molecule has 0 atom stereocenters. The van der Waals surface area contributed by atoms with Gasteiger partial charge in [0.2, 0.25) is 0 Å². The quantitative estimate of drug-likeness (QED) is 0.663. The molecule has 0 aliphatic carbocycles. The van der Waals surface area contributed by atoms with Crippen molar-refractivity contribution in [2.45, 2.75) is 66.5 Å². The van der Waals surface area contributed by atoms with Gasteiger partial charge in [0, 0.05) is 13.2 Å². The zero-order valence-electron chi connectivity index (χ0n) is 15.9. The fourth-order valence-corrected chi connectivity index (χ4v) is 1.97. The summed E-state index contributed by atoms with van der Waals surface area (Å²) in [6, 6.07) is 8.38. The Labute approximate surface area is 142 Å². The van der Waals surface area contributed by atoms with Crippen LogP contribution >= 0.6 is 0 Å². The summed E-state index contributed by atoms with van der Waals surface area (Å²) in [5.74, 6) is 0.947. The van der Waals surface area contributed by atoms with E-state index in [4.69, 9.17) is 9.47 Å². The largest absolute Gasteiger partial charge is 0.493 e. The van der Waals surface area contributed by atoms with Crippen LogP contribution in [0.4, 0.5) is 0 Å². The van der Waals surface area contributed by atoms with Crippen LogP contribution < -0.4 is 10.1 Å². The molecule has 0 aliphatic rings. The van der Waals surface area contributed by atoms with E-state index in [1.807, 2.05) is 0 Å². The predicted molar refractivity (Wildman–Crippen MR) is 98.0 cm³/mol. The Morgan fingerprint density at radius 2 is 1.57 bits per heavy atom. The second-order valence-electron chi connectivity index (χ2n) is 8.34. The van der Waals surface area contributed by atoms with Gasteiger partial charge in [-0.1, -0.05) is 32.9 Å². The van der Waals surface area contributed by atoms with Crippen molar-refractivity contribution in [1.82, 2.24) is 5.32 Å². The summed E-state index contributed by atoms with van der Waals surface area (Å²) in [5.41, 5.74) is 1.46. The van der Waals surface area contributed by atoms with Crippen LogP contribution in [-0.4, -0.2) is 25.4 Å².